The Bertz CT molecular complexity index is 167. The summed E-state index contributed by atoms with van der Waals surface area (Å²) in [5.74, 6) is 1.92. The lowest BCUT2D eigenvalue weighted by atomic mass is 10.0. The molecule has 0 unspecified atom stereocenters. The summed E-state index contributed by atoms with van der Waals surface area (Å²) >= 11 is 0. The van der Waals surface area contributed by atoms with Gasteiger partial charge < -0.3 is 9.80 Å². The number of fused-ring (bicyclic) bond motifs is 1. The molecule has 0 saturated carbocycles. The Balaban J connectivity index is 0.000000659. The summed E-state index contributed by atoms with van der Waals surface area (Å²) in [4.78, 5) is 5.29. The molecule has 0 aliphatic carbocycles. The van der Waals surface area contributed by atoms with Crippen LogP contribution in [-0.4, -0.2) is 48.1 Å². The molecule has 2 saturated heterocycles. The lowest BCUT2D eigenvalue weighted by Crippen LogP contribution is -2.35. The predicted octanol–water partition coefficient (Wildman–Crippen LogP) is 3.72. The maximum atomic E-state index is 2.65. The van der Waals surface area contributed by atoms with Crippen LogP contribution in [0.2, 0.25) is 0 Å². The van der Waals surface area contributed by atoms with Gasteiger partial charge in [0.2, 0.25) is 0 Å². The zero-order valence-electron chi connectivity index (χ0n) is 14.0. The molecule has 0 spiro atoms. The molecule has 2 nitrogen and oxygen atoms in total. The van der Waals surface area contributed by atoms with Gasteiger partial charge in [-0.3, -0.25) is 0 Å². The number of rotatable bonds is 2. The highest BCUT2D eigenvalue weighted by Crippen LogP contribution is 2.32. The highest BCUT2D eigenvalue weighted by atomic mass is 15.3. The number of likely N-dealkylation sites (tertiary alicyclic amines) is 2. The number of hydrogen-bond acceptors (Lipinski definition) is 2. The first-order valence-corrected chi connectivity index (χ1v) is 8.06. The molecular weight excluding hydrogens is 220 g/mol. The van der Waals surface area contributed by atoms with Crippen molar-refractivity contribution in [2.75, 3.05) is 26.2 Å². The van der Waals surface area contributed by atoms with Crippen LogP contribution in [0, 0.1) is 11.8 Å². The second-order valence-electron chi connectivity index (χ2n) is 5.62. The lowest BCUT2D eigenvalue weighted by Gasteiger charge is -2.26. The molecule has 0 aromatic rings. The van der Waals surface area contributed by atoms with Gasteiger partial charge >= 0.3 is 0 Å². The van der Waals surface area contributed by atoms with E-state index in [1.165, 1.54) is 26.2 Å². The van der Waals surface area contributed by atoms with Gasteiger partial charge in [0.05, 0.1) is 0 Å². The molecule has 2 aliphatic heterocycles. The van der Waals surface area contributed by atoms with Crippen LogP contribution < -0.4 is 0 Å². The summed E-state index contributed by atoms with van der Waals surface area (Å²) in [5, 5.41) is 0. The second kappa shape index (κ2) is 8.92. The predicted molar refractivity (Wildman–Crippen MR) is 83.1 cm³/mol. The minimum Gasteiger partial charge on any atom is -0.300 e. The van der Waals surface area contributed by atoms with Crippen molar-refractivity contribution in [1.82, 2.24) is 9.80 Å². The van der Waals surface area contributed by atoms with Crippen LogP contribution in [0.15, 0.2) is 0 Å². The van der Waals surface area contributed by atoms with Crippen molar-refractivity contribution in [2.24, 2.45) is 11.8 Å². The van der Waals surface area contributed by atoms with Gasteiger partial charge in [0.15, 0.2) is 0 Å². The Labute approximate surface area is 116 Å². The van der Waals surface area contributed by atoms with Crippen molar-refractivity contribution in [3.63, 3.8) is 0 Å². The van der Waals surface area contributed by atoms with Crippen LogP contribution in [-0.2, 0) is 0 Å². The van der Waals surface area contributed by atoms with E-state index < -0.39 is 0 Å². The third kappa shape index (κ3) is 4.55. The topological polar surface area (TPSA) is 6.48 Å². The molecule has 2 heterocycles. The summed E-state index contributed by atoms with van der Waals surface area (Å²) in [6.07, 6.45) is 0. The average molecular weight is 256 g/mol. The summed E-state index contributed by atoms with van der Waals surface area (Å²) in [6, 6.07) is 1.49. The Morgan fingerprint density at radius 2 is 0.833 bits per heavy atom. The first-order chi connectivity index (χ1) is 8.58. The van der Waals surface area contributed by atoms with E-state index in [1.54, 1.807) is 0 Å². The van der Waals surface area contributed by atoms with Crippen LogP contribution in [0.1, 0.15) is 55.4 Å². The van der Waals surface area contributed by atoms with E-state index in [-0.39, 0.29) is 0 Å². The molecule has 0 N–H and O–H groups in total. The van der Waals surface area contributed by atoms with E-state index in [0.29, 0.717) is 0 Å². The summed E-state index contributed by atoms with van der Waals surface area (Å²) in [7, 11) is 0. The monoisotopic (exact) mass is 256 g/mol. The second-order valence-corrected chi connectivity index (χ2v) is 5.62. The molecule has 18 heavy (non-hydrogen) atoms. The van der Waals surface area contributed by atoms with Crippen molar-refractivity contribution in [3.8, 4) is 0 Å². The van der Waals surface area contributed by atoms with Gasteiger partial charge in [0.1, 0.15) is 0 Å². The Hall–Kier alpha value is -0.0800. The van der Waals surface area contributed by atoms with Gasteiger partial charge in [-0.05, 0) is 39.5 Å². The normalized spacial score (nSPS) is 27.7. The van der Waals surface area contributed by atoms with E-state index in [1.807, 2.05) is 27.7 Å². The molecule has 2 aliphatic rings. The van der Waals surface area contributed by atoms with Crippen molar-refractivity contribution < 1.29 is 0 Å². The molecule has 0 bridgehead atoms. The molecule has 0 aromatic carbocycles. The quantitative estimate of drug-likeness (QED) is 0.743. The first-order valence-electron chi connectivity index (χ1n) is 8.06. The van der Waals surface area contributed by atoms with Crippen LogP contribution in [0.5, 0.6) is 0 Å². The minimum absolute atomic E-state index is 0.744. The van der Waals surface area contributed by atoms with Gasteiger partial charge in [-0.2, -0.15) is 0 Å². The third-order valence-electron chi connectivity index (χ3n) is 4.00. The fourth-order valence-corrected chi connectivity index (χ4v) is 2.91. The first kappa shape index (κ1) is 17.9. The van der Waals surface area contributed by atoms with E-state index in [2.05, 4.69) is 37.5 Å². The molecule has 2 rings (SSSR count). The minimum atomic E-state index is 0.744. The smallest absolute Gasteiger partial charge is 0.00388 e. The van der Waals surface area contributed by atoms with E-state index in [4.69, 9.17) is 0 Å². The maximum absolute atomic E-state index is 2.65. The van der Waals surface area contributed by atoms with Gasteiger partial charge in [-0.15, -0.1) is 0 Å². The molecule has 2 fully saturated rings. The average Bonchev–Trinajstić information content (AvgIpc) is 2.91. The standard InChI is InChI=1S/C12H24N2.2C2H6/c1-9(2)13-5-11-7-14(10(3)4)8-12(11)6-13;2*1-2/h9-12H,5-8H2,1-4H3;2*1-2H3. The van der Waals surface area contributed by atoms with Gasteiger partial charge in [-0.1, -0.05) is 27.7 Å². The van der Waals surface area contributed by atoms with Crippen LogP contribution in [0.4, 0.5) is 0 Å². The summed E-state index contributed by atoms with van der Waals surface area (Å²) in [6.45, 7) is 22.6. The van der Waals surface area contributed by atoms with Crippen molar-refractivity contribution >= 4 is 0 Å². The molecular formula is C16H36N2. The zero-order valence-corrected chi connectivity index (χ0v) is 14.0. The number of hydrogen-bond donors (Lipinski definition) is 0. The molecule has 2 heteroatoms. The van der Waals surface area contributed by atoms with Crippen molar-refractivity contribution in [3.05, 3.63) is 0 Å². The zero-order chi connectivity index (χ0) is 14.3. The fraction of sp³-hybridized carbons (Fsp3) is 1.00. The SMILES string of the molecule is CC.CC.CC(C)N1CC2CN(C(C)C)CC2C1. The molecule has 0 atom stereocenters. The number of nitrogens with zero attached hydrogens (tertiary/aromatic N) is 2. The Morgan fingerprint density at radius 1 is 0.611 bits per heavy atom. The molecule has 0 radical (unpaired) electrons. The highest BCUT2D eigenvalue weighted by Gasteiger charge is 2.40. The van der Waals surface area contributed by atoms with Gasteiger partial charge in [-0.25, -0.2) is 0 Å². The third-order valence-corrected chi connectivity index (χ3v) is 4.00. The van der Waals surface area contributed by atoms with E-state index in [0.717, 1.165) is 23.9 Å². The summed E-state index contributed by atoms with van der Waals surface area (Å²) < 4.78 is 0. The molecule has 110 valence electrons. The molecule has 0 aromatic heterocycles. The summed E-state index contributed by atoms with van der Waals surface area (Å²) in [5.41, 5.74) is 0. The molecule has 0 amide bonds. The van der Waals surface area contributed by atoms with Crippen molar-refractivity contribution in [1.29, 1.82) is 0 Å². The van der Waals surface area contributed by atoms with Crippen LogP contribution in [0.3, 0.4) is 0 Å². The van der Waals surface area contributed by atoms with Gasteiger partial charge in [0.25, 0.3) is 0 Å². The highest BCUT2D eigenvalue weighted by molar-refractivity contribution is 4.94. The lowest BCUT2D eigenvalue weighted by molar-refractivity contribution is 0.203. The fourth-order valence-electron chi connectivity index (χ4n) is 2.91. The van der Waals surface area contributed by atoms with E-state index >= 15 is 0 Å². The van der Waals surface area contributed by atoms with Crippen LogP contribution in [0.25, 0.3) is 0 Å². The van der Waals surface area contributed by atoms with Gasteiger partial charge in [0, 0.05) is 38.3 Å². The Morgan fingerprint density at radius 3 is 1.00 bits per heavy atom. The van der Waals surface area contributed by atoms with E-state index in [9.17, 15) is 0 Å². The largest absolute Gasteiger partial charge is 0.300 e. The Kier molecular flexibility index (Phi) is 8.89. The van der Waals surface area contributed by atoms with Crippen LogP contribution >= 0.6 is 0 Å². The maximum Gasteiger partial charge on any atom is 0.00388 e. The van der Waals surface area contributed by atoms with Crippen molar-refractivity contribution in [2.45, 2.75) is 67.5 Å².